The minimum absolute atomic E-state index is 0.322. The summed E-state index contributed by atoms with van der Waals surface area (Å²) in [5.41, 5.74) is -0.322. The summed E-state index contributed by atoms with van der Waals surface area (Å²) in [5, 5.41) is 28.1. The van der Waals surface area contributed by atoms with Crippen molar-refractivity contribution in [1.82, 2.24) is 0 Å². The van der Waals surface area contributed by atoms with Crippen molar-refractivity contribution in [3.63, 3.8) is 0 Å². The van der Waals surface area contributed by atoms with Crippen LogP contribution in [0.2, 0.25) is 0 Å². The van der Waals surface area contributed by atoms with Crippen LogP contribution in [0.3, 0.4) is 0 Å². The van der Waals surface area contributed by atoms with Crippen molar-refractivity contribution in [3.05, 3.63) is 0 Å². The highest BCUT2D eigenvalue weighted by molar-refractivity contribution is 5.10. The fourth-order valence-corrected chi connectivity index (χ4v) is 2.22. The first-order valence-corrected chi connectivity index (χ1v) is 4.21. The zero-order valence-corrected chi connectivity index (χ0v) is 6.40. The number of aliphatic hydroxyl groups is 3. The van der Waals surface area contributed by atoms with Crippen molar-refractivity contribution in [2.75, 3.05) is 0 Å². The fourth-order valence-electron chi connectivity index (χ4n) is 2.22. The molecule has 0 bridgehead atoms. The second kappa shape index (κ2) is 2.19. The van der Waals surface area contributed by atoms with Gasteiger partial charge in [-0.15, -0.1) is 0 Å². The van der Waals surface area contributed by atoms with E-state index < -0.39 is 12.2 Å². The molecule has 0 aromatic carbocycles. The summed E-state index contributed by atoms with van der Waals surface area (Å²) in [7, 11) is 0. The molecule has 2 fully saturated rings. The maximum absolute atomic E-state index is 9.53. The quantitative estimate of drug-likeness (QED) is 0.451. The first kappa shape index (κ1) is 7.53. The van der Waals surface area contributed by atoms with Gasteiger partial charge in [0.2, 0.25) is 0 Å². The van der Waals surface area contributed by atoms with Crippen LogP contribution in [0.25, 0.3) is 0 Å². The van der Waals surface area contributed by atoms with Gasteiger partial charge in [0.25, 0.3) is 0 Å². The number of aliphatic hydroxyl groups excluding tert-OH is 3. The Balaban J connectivity index is 2.10. The van der Waals surface area contributed by atoms with Gasteiger partial charge in [-0.25, -0.2) is 0 Å². The molecule has 2 aliphatic carbocycles. The first-order chi connectivity index (χ1) is 5.17. The van der Waals surface area contributed by atoms with E-state index in [1.807, 2.05) is 0 Å². The predicted molar refractivity (Wildman–Crippen MR) is 38.9 cm³/mol. The van der Waals surface area contributed by atoms with Crippen LogP contribution in [-0.2, 0) is 0 Å². The van der Waals surface area contributed by atoms with E-state index in [9.17, 15) is 15.3 Å². The molecule has 0 heterocycles. The van der Waals surface area contributed by atoms with Gasteiger partial charge in [-0.05, 0) is 19.3 Å². The summed E-state index contributed by atoms with van der Waals surface area (Å²) >= 11 is 0. The third-order valence-electron chi connectivity index (χ3n) is 3.17. The highest BCUT2D eigenvalue weighted by Crippen LogP contribution is 2.56. The lowest BCUT2D eigenvalue weighted by atomic mass is 9.81. The molecule has 0 amide bonds. The molecule has 0 saturated heterocycles. The molecule has 0 aromatic rings. The van der Waals surface area contributed by atoms with Gasteiger partial charge >= 0.3 is 0 Å². The Hall–Kier alpha value is -0.120. The monoisotopic (exact) mass is 158 g/mol. The Bertz CT molecular complexity index is 171. The number of hydrogen-bond acceptors (Lipinski definition) is 3. The van der Waals surface area contributed by atoms with Crippen molar-refractivity contribution < 1.29 is 15.3 Å². The molecular formula is C8H14O3. The summed E-state index contributed by atoms with van der Waals surface area (Å²) in [5.74, 6) is 0. The lowest BCUT2D eigenvalue weighted by Crippen LogP contribution is -2.40. The van der Waals surface area contributed by atoms with E-state index in [-0.39, 0.29) is 11.5 Å². The Morgan fingerprint density at radius 1 is 1.18 bits per heavy atom. The minimum Gasteiger partial charge on any atom is -0.392 e. The molecular weight excluding hydrogens is 144 g/mol. The number of hydrogen-bond donors (Lipinski definition) is 3. The van der Waals surface area contributed by atoms with Crippen LogP contribution in [0, 0.1) is 5.41 Å². The van der Waals surface area contributed by atoms with Crippen LogP contribution in [-0.4, -0.2) is 33.6 Å². The largest absolute Gasteiger partial charge is 0.392 e. The van der Waals surface area contributed by atoms with Crippen molar-refractivity contribution in [1.29, 1.82) is 0 Å². The summed E-state index contributed by atoms with van der Waals surface area (Å²) in [6.07, 6.45) is 1.47. The second-order valence-electron chi connectivity index (χ2n) is 3.86. The fraction of sp³-hybridized carbons (Fsp3) is 1.00. The molecule has 0 aromatic heterocycles. The van der Waals surface area contributed by atoms with E-state index in [0.29, 0.717) is 12.8 Å². The van der Waals surface area contributed by atoms with Crippen LogP contribution in [0.5, 0.6) is 0 Å². The molecule has 2 aliphatic rings. The van der Waals surface area contributed by atoms with Crippen molar-refractivity contribution in [3.8, 4) is 0 Å². The van der Waals surface area contributed by atoms with Gasteiger partial charge in [-0.1, -0.05) is 6.42 Å². The van der Waals surface area contributed by atoms with E-state index in [0.717, 1.165) is 12.8 Å². The molecule has 3 heteroatoms. The van der Waals surface area contributed by atoms with E-state index >= 15 is 0 Å². The van der Waals surface area contributed by atoms with Crippen molar-refractivity contribution in [2.24, 2.45) is 5.41 Å². The predicted octanol–water partition coefficient (Wildman–Crippen LogP) is -0.357. The van der Waals surface area contributed by atoms with Crippen LogP contribution < -0.4 is 0 Å². The summed E-state index contributed by atoms with van der Waals surface area (Å²) in [6.45, 7) is 0. The van der Waals surface area contributed by atoms with Crippen LogP contribution in [0.1, 0.15) is 25.7 Å². The molecule has 4 atom stereocenters. The Morgan fingerprint density at radius 3 is 2.27 bits per heavy atom. The lowest BCUT2D eigenvalue weighted by Gasteiger charge is -2.32. The molecule has 2 rings (SSSR count). The summed E-state index contributed by atoms with van der Waals surface area (Å²) in [6, 6.07) is 0. The highest BCUT2D eigenvalue weighted by Gasteiger charge is 2.60. The molecule has 0 radical (unpaired) electrons. The maximum Gasteiger partial charge on any atom is 0.0880 e. The zero-order valence-electron chi connectivity index (χ0n) is 6.40. The molecule has 1 unspecified atom stereocenters. The van der Waals surface area contributed by atoms with Gasteiger partial charge in [0.15, 0.2) is 0 Å². The van der Waals surface area contributed by atoms with Gasteiger partial charge in [0, 0.05) is 5.41 Å². The van der Waals surface area contributed by atoms with Crippen LogP contribution in [0.4, 0.5) is 0 Å². The van der Waals surface area contributed by atoms with E-state index in [1.54, 1.807) is 0 Å². The molecule has 64 valence electrons. The van der Waals surface area contributed by atoms with Gasteiger partial charge in [-0.2, -0.15) is 0 Å². The normalized spacial score (nSPS) is 56.5. The van der Waals surface area contributed by atoms with Gasteiger partial charge in [0.1, 0.15) is 0 Å². The Kier molecular flexibility index (Phi) is 1.50. The lowest BCUT2D eigenvalue weighted by molar-refractivity contribution is -0.0680. The van der Waals surface area contributed by atoms with Gasteiger partial charge < -0.3 is 15.3 Å². The standard InChI is InChI=1S/C8H14O3/c9-5-2-1-3-8(7(5)11)4-6(8)10/h5-7,9-11H,1-4H2/t5-,6-,7+,8?/m1/s1. The van der Waals surface area contributed by atoms with E-state index in [1.165, 1.54) is 0 Å². The zero-order chi connectivity index (χ0) is 8.06. The molecule has 3 N–H and O–H groups in total. The Morgan fingerprint density at radius 2 is 1.82 bits per heavy atom. The third-order valence-corrected chi connectivity index (χ3v) is 3.17. The van der Waals surface area contributed by atoms with E-state index in [2.05, 4.69) is 0 Å². The molecule has 0 aliphatic heterocycles. The molecule has 2 saturated carbocycles. The first-order valence-electron chi connectivity index (χ1n) is 4.21. The molecule has 11 heavy (non-hydrogen) atoms. The van der Waals surface area contributed by atoms with Crippen LogP contribution >= 0.6 is 0 Å². The third kappa shape index (κ3) is 0.916. The maximum atomic E-state index is 9.53. The summed E-state index contributed by atoms with van der Waals surface area (Å²) < 4.78 is 0. The topological polar surface area (TPSA) is 60.7 Å². The second-order valence-corrected chi connectivity index (χ2v) is 3.86. The Labute approximate surface area is 65.7 Å². The summed E-state index contributed by atoms with van der Waals surface area (Å²) in [4.78, 5) is 0. The van der Waals surface area contributed by atoms with Crippen molar-refractivity contribution in [2.45, 2.75) is 44.0 Å². The van der Waals surface area contributed by atoms with Crippen molar-refractivity contribution >= 4 is 0 Å². The van der Waals surface area contributed by atoms with Crippen LogP contribution in [0.15, 0.2) is 0 Å². The van der Waals surface area contributed by atoms with Gasteiger partial charge in [-0.3, -0.25) is 0 Å². The average Bonchev–Trinajstić information content (AvgIpc) is 2.59. The average molecular weight is 158 g/mol. The van der Waals surface area contributed by atoms with Gasteiger partial charge in [0.05, 0.1) is 18.3 Å². The smallest absolute Gasteiger partial charge is 0.0880 e. The SMILES string of the molecule is O[C@@H]1CCCC2(C[C@H]2O)[C@H]1O. The minimum atomic E-state index is -0.689. The molecule has 1 spiro atoms. The molecule has 3 nitrogen and oxygen atoms in total. The highest BCUT2D eigenvalue weighted by atomic mass is 16.3. The van der Waals surface area contributed by atoms with E-state index in [4.69, 9.17) is 0 Å². The number of rotatable bonds is 0.